The van der Waals surface area contributed by atoms with Crippen molar-refractivity contribution >= 4 is 23.9 Å². The SMILES string of the molecule is C=CC(C(=O)O)C1=C(CC(=O)O)N2C(=O)[C@@H](NC(=O)OC(C)(C)C)CN2C1. The van der Waals surface area contributed by atoms with Crippen molar-refractivity contribution in [3.63, 3.8) is 0 Å². The molecular weight excluding hydrogens is 358 g/mol. The number of hydrogen-bond donors (Lipinski definition) is 3. The van der Waals surface area contributed by atoms with Gasteiger partial charge in [0, 0.05) is 13.1 Å². The van der Waals surface area contributed by atoms with E-state index in [0.29, 0.717) is 5.57 Å². The van der Waals surface area contributed by atoms with E-state index in [-0.39, 0.29) is 18.8 Å². The van der Waals surface area contributed by atoms with Gasteiger partial charge in [0.25, 0.3) is 5.91 Å². The molecule has 0 spiro atoms. The van der Waals surface area contributed by atoms with Gasteiger partial charge in [0.1, 0.15) is 11.6 Å². The lowest BCUT2D eigenvalue weighted by atomic mass is 9.96. The lowest BCUT2D eigenvalue weighted by molar-refractivity contribution is -0.140. The topological polar surface area (TPSA) is 136 Å². The van der Waals surface area contributed by atoms with Crippen molar-refractivity contribution in [1.82, 2.24) is 15.3 Å². The van der Waals surface area contributed by atoms with Gasteiger partial charge in [-0.1, -0.05) is 6.08 Å². The van der Waals surface area contributed by atoms with E-state index in [0.717, 1.165) is 5.01 Å². The Morgan fingerprint density at radius 2 is 2.00 bits per heavy atom. The summed E-state index contributed by atoms with van der Waals surface area (Å²) < 4.78 is 5.13. The van der Waals surface area contributed by atoms with Gasteiger partial charge in [0.2, 0.25) is 0 Å². The highest BCUT2D eigenvalue weighted by molar-refractivity contribution is 5.90. The fourth-order valence-corrected chi connectivity index (χ4v) is 3.08. The highest BCUT2D eigenvalue weighted by atomic mass is 16.6. The molecule has 3 N–H and O–H groups in total. The van der Waals surface area contributed by atoms with Crippen molar-refractivity contribution in [1.29, 1.82) is 0 Å². The maximum absolute atomic E-state index is 12.7. The Morgan fingerprint density at radius 3 is 2.48 bits per heavy atom. The highest BCUT2D eigenvalue weighted by Crippen LogP contribution is 2.35. The monoisotopic (exact) mass is 381 g/mol. The summed E-state index contributed by atoms with van der Waals surface area (Å²) >= 11 is 0. The van der Waals surface area contributed by atoms with Crippen molar-refractivity contribution < 1.29 is 34.1 Å². The average Bonchev–Trinajstić information content (AvgIpc) is 2.96. The maximum Gasteiger partial charge on any atom is 0.408 e. The van der Waals surface area contributed by atoms with Gasteiger partial charge >= 0.3 is 18.0 Å². The Balaban J connectivity index is 2.25. The molecule has 10 heteroatoms. The lowest BCUT2D eigenvalue weighted by Crippen LogP contribution is -2.44. The number of carboxylic acids is 2. The fraction of sp³-hybridized carbons (Fsp3) is 0.529. The van der Waals surface area contributed by atoms with Crippen LogP contribution in [-0.4, -0.2) is 68.9 Å². The first-order chi connectivity index (χ1) is 12.4. The molecule has 1 fully saturated rings. The predicted molar refractivity (Wildman–Crippen MR) is 92.2 cm³/mol. The Morgan fingerprint density at radius 1 is 1.37 bits per heavy atom. The lowest BCUT2D eigenvalue weighted by Gasteiger charge is -2.22. The minimum Gasteiger partial charge on any atom is -0.481 e. The number of alkyl carbamates (subject to hydrolysis) is 1. The number of nitrogens with one attached hydrogen (secondary N) is 1. The number of carbonyl (C=O) groups excluding carboxylic acids is 2. The Kier molecular flexibility index (Phi) is 5.59. The Bertz CT molecular complexity index is 723. The van der Waals surface area contributed by atoms with Crippen LogP contribution in [0.25, 0.3) is 0 Å². The molecule has 2 heterocycles. The maximum atomic E-state index is 12.7. The largest absolute Gasteiger partial charge is 0.481 e. The fourth-order valence-electron chi connectivity index (χ4n) is 3.08. The molecule has 2 rings (SSSR count). The van der Waals surface area contributed by atoms with Gasteiger partial charge in [0.05, 0.1) is 18.0 Å². The summed E-state index contributed by atoms with van der Waals surface area (Å²) in [5.74, 6) is -4.02. The molecule has 1 saturated heterocycles. The first-order valence-corrected chi connectivity index (χ1v) is 8.32. The van der Waals surface area contributed by atoms with E-state index in [1.165, 1.54) is 11.1 Å². The average molecular weight is 381 g/mol. The summed E-state index contributed by atoms with van der Waals surface area (Å²) in [6.45, 7) is 8.68. The zero-order valence-corrected chi connectivity index (χ0v) is 15.4. The van der Waals surface area contributed by atoms with Crippen molar-refractivity contribution in [2.45, 2.75) is 38.8 Å². The number of carbonyl (C=O) groups is 4. The predicted octanol–water partition coefficient (Wildman–Crippen LogP) is 0.568. The van der Waals surface area contributed by atoms with Crippen LogP contribution in [0.3, 0.4) is 0 Å². The molecule has 0 aromatic heterocycles. The van der Waals surface area contributed by atoms with Gasteiger partial charge in [0.15, 0.2) is 0 Å². The van der Waals surface area contributed by atoms with E-state index < -0.39 is 47.9 Å². The third kappa shape index (κ3) is 4.45. The van der Waals surface area contributed by atoms with E-state index in [1.807, 2.05) is 0 Å². The third-order valence-electron chi connectivity index (χ3n) is 4.05. The number of amides is 2. The number of hydrazine groups is 1. The molecule has 2 atom stereocenters. The first kappa shape index (κ1) is 20.4. The summed E-state index contributed by atoms with van der Waals surface area (Å²) in [5, 5.41) is 23.6. The van der Waals surface area contributed by atoms with E-state index in [9.17, 15) is 29.4 Å². The standard InChI is InChI=1S/C17H23N3O7/c1-5-9(15(24)25)10-7-19-8-11(18-16(26)27-17(2,3)4)14(23)20(19)12(10)6-13(21)22/h5,9,11H,1,6-8H2,2-4H3,(H,18,26)(H,21,22)(H,24,25)/t9?,11-/m0/s1. The molecule has 2 aliphatic heterocycles. The van der Waals surface area contributed by atoms with Crippen LogP contribution in [0.4, 0.5) is 4.79 Å². The van der Waals surface area contributed by atoms with Crippen molar-refractivity contribution in [2.75, 3.05) is 13.1 Å². The third-order valence-corrected chi connectivity index (χ3v) is 4.05. The number of aliphatic carboxylic acids is 2. The normalized spacial score (nSPS) is 21.1. The molecule has 0 radical (unpaired) electrons. The zero-order chi connectivity index (χ0) is 20.5. The summed E-state index contributed by atoms with van der Waals surface area (Å²) in [5.41, 5.74) is -0.347. The Hall–Kier alpha value is -2.88. The van der Waals surface area contributed by atoms with Gasteiger partial charge in [-0.25, -0.2) is 14.8 Å². The van der Waals surface area contributed by atoms with Crippen molar-refractivity contribution in [2.24, 2.45) is 5.92 Å². The van der Waals surface area contributed by atoms with Crippen LogP contribution in [0.15, 0.2) is 23.9 Å². The number of hydrogen-bond acceptors (Lipinski definition) is 6. The second kappa shape index (κ2) is 7.39. The van der Waals surface area contributed by atoms with E-state index in [4.69, 9.17) is 4.74 Å². The molecule has 10 nitrogen and oxygen atoms in total. The van der Waals surface area contributed by atoms with E-state index in [2.05, 4.69) is 11.9 Å². The molecule has 2 amide bonds. The summed E-state index contributed by atoms with van der Waals surface area (Å²) in [6.07, 6.45) is -0.0837. The molecule has 0 aromatic rings. The van der Waals surface area contributed by atoms with E-state index in [1.54, 1.807) is 20.8 Å². The Labute approximate surface area is 156 Å². The quantitative estimate of drug-likeness (QED) is 0.568. The molecule has 27 heavy (non-hydrogen) atoms. The minimum absolute atomic E-state index is 0.0594. The molecule has 0 bridgehead atoms. The molecule has 0 aromatic carbocycles. The van der Waals surface area contributed by atoms with Crippen LogP contribution < -0.4 is 5.32 Å². The molecule has 0 saturated carbocycles. The second-order valence-electron chi connectivity index (χ2n) is 7.29. The minimum atomic E-state index is -1.20. The zero-order valence-electron chi connectivity index (χ0n) is 15.4. The number of nitrogens with zero attached hydrogens (tertiary/aromatic N) is 2. The molecule has 1 unspecified atom stereocenters. The van der Waals surface area contributed by atoms with Crippen LogP contribution in [0.5, 0.6) is 0 Å². The van der Waals surface area contributed by atoms with Crippen molar-refractivity contribution in [3.05, 3.63) is 23.9 Å². The molecule has 148 valence electrons. The van der Waals surface area contributed by atoms with Crippen LogP contribution in [0.1, 0.15) is 27.2 Å². The number of ether oxygens (including phenoxy) is 1. The number of fused-ring (bicyclic) bond motifs is 1. The summed E-state index contributed by atoms with van der Waals surface area (Å²) in [4.78, 5) is 47.3. The molecule has 2 aliphatic rings. The molecule has 0 aliphatic carbocycles. The first-order valence-electron chi connectivity index (χ1n) is 8.32. The van der Waals surface area contributed by atoms with Crippen LogP contribution in [-0.2, 0) is 19.1 Å². The summed E-state index contributed by atoms with van der Waals surface area (Å²) in [7, 11) is 0. The second-order valence-corrected chi connectivity index (χ2v) is 7.29. The van der Waals surface area contributed by atoms with Gasteiger partial charge in [-0.15, -0.1) is 6.58 Å². The van der Waals surface area contributed by atoms with Gasteiger partial charge in [-0.2, -0.15) is 0 Å². The van der Waals surface area contributed by atoms with Crippen LogP contribution >= 0.6 is 0 Å². The van der Waals surface area contributed by atoms with Gasteiger partial charge in [-0.3, -0.25) is 14.4 Å². The highest BCUT2D eigenvalue weighted by Gasteiger charge is 2.48. The van der Waals surface area contributed by atoms with Crippen molar-refractivity contribution in [3.8, 4) is 0 Å². The number of rotatable bonds is 6. The van der Waals surface area contributed by atoms with Gasteiger partial charge < -0.3 is 20.3 Å². The van der Waals surface area contributed by atoms with Crippen LogP contribution in [0, 0.1) is 5.92 Å². The molecular formula is C17H23N3O7. The summed E-state index contributed by atoms with van der Waals surface area (Å²) in [6, 6.07) is -0.919. The van der Waals surface area contributed by atoms with Crippen LogP contribution in [0.2, 0.25) is 0 Å². The van der Waals surface area contributed by atoms with E-state index >= 15 is 0 Å². The number of carboxylic acid groups (broad SMARTS) is 2. The van der Waals surface area contributed by atoms with Gasteiger partial charge in [-0.05, 0) is 26.3 Å². The smallest absolute Gasteiger partial charge is 0.408 e.